The molecule has 0 saturated carbocycles. The summed E-state index contributed by atoms with van der Waals surface area (Å²) in [4.78, 5) is 4.15. The molecule has 0 unspecified atom stereocenters. The van der Waals surface area contributed by atoms with E-state index >= 15 is 0 Å². The van der Waals surface area contributed by atoms with Gasteiger partial charge in [-0.05, 0) is 6.07 Å². The van der Waals surface area contributed by atoms with Crippen LogP contribution in [0, 0.1) is 0 Å². The van der Waals surface area contributed by atoms with Crippen molar-refractivity contribution in [3.63, 3.8) is 0 Å². The van der Waals surface area contributed by atoms with Gasteiger partial charge in [-0.2, -0.15) is 0 Å². The minimum atomic E-state index is 0.494. The Morgan fingerprint density at radius 3 is 2.62 bits per heavy atom. The van der Waals surface area contributed by atoms with Crippen molar-refractivity contribution in [2.45, 2.75) is 0 Å². The number of nitrogen functional groups attached to an aromatic ring is 1. The van der Waals surface area contributed by atoms with E-state index in [0.717, 1.165) is 11.3 Å². The van der Waals surface area contributed by atoms with Crippen molar-refractivity contribution in [3.05, 3.63) is 27.6 Å². The number of halogens is 2. The summed E-state index contributed by atoms with van der Waals surface area (Å²) < 4.78 is 5.06. The van der Waals surface area contributed by atoms with Crippen LogP contribution in [0.15, 0.2) is 17.5 Å². The number of hydrogen-bond donors (Lipinski definition) is 1. The van der Waals surface area contributed by atoms with Crippen molar-refractivity contribution in [2.75, 3.05) is 12.8 Å². The summed E-state index contributed by atoms with van der Waals surface area (Å²) in [5.74, 6) is 0.540. The Morgan fingerprint density at radius 1 is 1.31 bits per heavy atom. The summed E-state index contributed by atoms with van der Waals surface area (Å²) in [5.41, 5.74) is 7.04. The fourth-order valence-corrected chi connectivity index (χ4v) is 2.35. The predicted molar refractivity (Wildman–Crippen MR) is 68.5 cm³/mol. The lowest BCUT2D eigenvalue weighted by Gasteiger charge is -2.06. The molecule has 0 amide bonds. The number of benzene rings is 1. The summed E-state index contributed by atoms with van der Waals surface area (Å²) in [5, 5.41) is 3.36. The standard InChI is InChI=1S/C10H8Cl2N2OS/c1-15-9-3-6(11)5(2-7(9)12)8-4-16-10(13)14-8/h2-4H,1H3,(H2,13,14). The van der Waals surface area contributed by atoms with Gasteiger partial charge in [0, 0.05) is 17.0 Å². The van der Waals surface area contributed by atoms with Crippen LogP contribution in [0.3, 0.4) is 0 Å². The molecule has 0 aliphatic rings. The maximum absolute atomic E-state index is 6.11. The van der Waals surface area contributed by atoms with E-state index < -0.39 is 0 Å². The number of hydrogen-bond acceptors (Lipinski definition) is 4. The number of nitrogens with two attached hydrogens (primary N) is 1. The van der Waals surface area contributed by atoms with Gasteiger partial charge in [-0.15, -0.1) is 11.3 Å². The van der Waals surface area contributed by atoms with E-state index in [1.165, 1.54) is 18.4 Å². The minimum absolute atomic E-state index is 0.494. The van der Waals surface area contributed by atoms with Gasteiger partial charge in [0.1, 0.15) is 5.75 Å². The SMILES string of the molecule is COc1cc(Cl)c(-c2csc(N)n2)cc1Cl. The molecule has 0 atom stereocenters. The Morgan fingerprint density at radius 2 is 2.06 bits per heavy atom. The first kappa shape index (κ1) is 11.5. The Kier molecular flexibility index (Phi) is 3.23. The first-order chi connectivity index (χ1) is 7.61. The molecule has 0 spiro atoms. The largest absolute Gasteiger partial charge is 0.495 e. The normalized spacial score (nSPS) is 10.4. The number of anilines is 1. The molecule has 0 radical (unpaired) electrons. The molecule has 0 bridgehead atoms. The van der Waals surface area contributed by atoms with Crippen LogP contribution in [-0.2, 0) is 0 Å². The van der Waals surface area contributed by atoms with Crippen LogP contribution in [0.4, 0.5) is 5.13 Å². The fraction of sp³-hybridized carbons (Fsp3) is 0.100. The summed E-state index contributed by atoms with van der Waals surface area (Å²) in [6.45, 7) is 0. The van der Waals surface area contributed by atoms with E-state index in [1.807, 2.05) is 5.38 Å². The highest BCUT2D eigenvalue weighted by molar-refractivity contribution is 7.13. The van der Waals surface area contributed by atoms with Crippen LogP contribution in [0.5, 0.6) is 5.75 Å². The summed E-state index contributed by atoms with van der Waals surface area (Å²) in [7, 11) is 1.54. The van der Waals surface area contributed by atoms with E-state index in [-0.39, 0.29) is 0 Å². The lowest BCUT2D eigenvalue weighted by molar-refractivity contribution is 0.415. The molecule has 2 N–H and O–H groups in total. The third-order valence-electron chi connectivity index (χ3n) is 2.04. The zero-order chi connectivity index (χ0) is 11.7. The van der Waals surface area contributed by atoms with E-state index in [9.17, 15) is 0 Å². The lowest BCUT2D eigenvalue weighted by atomic mass is 10.1. The molecule has 0 aliphatic carbocycles. The summed E-state index contributed by atoms with van der Waals surface area (Å²) in [6.07, 6.45) is 0. The summed E-state index contributed by atoms with van der Waals surface area (Å²) in [6, 6.07) is 3.38. The zero-order valence-corrected chi connectivity index (χ0v) is 10.7. The second-order valence-corrected chi connectivity index (χ2v) is 4.74. The van der Waals surface area contributed by atoms with Crippen LogP contribution in [-0.4, -0.2) is 12.1 Å². The lowest BCUT2D eigenvalue weighted by Crippen LogP contribution is -1.88. The van der Waals surface area contributed by atoms with Crippen LogP contribution >= 0.6 is 34.5 Å². The molecule has 3 nitrogen and oxygen atoms in total. The van der Waals surface area contributed by atoms with E-state index in [4.69, 9.17) is 33.7 Å². The highest BCUT2D eigenvalue weighted by Crippen LogP contribution is 2.37. The number of ether oxygens (including phenoxy) is 1. The van der Waals surface area contributed by atoms with Gasteiger partial charge in [0.25, 0.3) is 0 Å². The molecule has 1 heterocycles. The molecule has 0 saturated heterocycles. The smallest absolute Gasteiger partial charge is 0.180 e. The molecule has 84 valence electrons. The van der Waals surface area contributed by atoms with Crippen molar-refractivity contribution in [1.29, 1.82) is 0 Å². The molecule has 1 aromatic heterocycles. The first-order valence-electron chi connectivity index (χ1n) is 4.36. The van der Waals surface area contributed by atoms with E-state index in [2.05, 4.69) is 4.98 Å². The third-order valence-corrected chi connectivity index (χ3v) is 3.32. The second-order valence-electron chi connectivity index (χ2n) is 3.04. The quantitative estimate of drug-likeness (QED) is 0.908. The number of aromatic nitrogens is 1. The average Bonchev–Trinajstić information content (AvgIpc) is 2.67. The number of rotatable bonds is 2. The van der Waals surface area contributed by atoms with Crippen molar-refractivity contribution in [1.82, 2.24) is 4.98 Å². The average molecular weight is 275 g/mol. The zero-order valence-electron chi connectivity index (χ0n) is 8.33. The van der Waals surface area contributed by atoms with Gasteiger partial charge in [0.05, 0.1) is 22.8 Å². The van der Waals surface area contributed by atoms with Gasteiger partial charge in [0.15, 0.2) is 5.13 Å². The Balaban J connectivity index is 2.54. The first-order valence-corrected chi connectivity index (χ1v) is 6.00. The molecule has 2 aromatic rings. The van der Waals surface area contributed by atoms with Gasteiger partial charge in [-0.1, -0.05) is 23.2 Å². The summed E-state index contributed by atoms with van der Waals surface area (Å²) >= 11 is 13.5. The van der Waals surface area contributed by atoms with Crippen LogP contribution < -0.4 is 10.5 Å². The van der Waals surface area contributed by atoms with Gasteiger partial charge in [-0.25, -0.2) is 4.98 Å². The monoisotopic (exact) mass is 274 g/mol. The van der Waals surface area contributed by atoms with Gasteiger partial charge < -0.3 is 10.5 Å². The van der Waals surface area contributed by atoms with E-state index in [0.29, 0.717) is 20.9 Å². The molecule has 6 heteroatoms. The Hall–Kier alpha value is -0.970. The molecular formula is C10H8Cl2N2OS. The van der Waals surface area contributed by atoms with Gasteiger partial charge in [-0.3, -0.25) is 0 Å². The van der Waals surface area contributed by atoms with Gasteiger partial charge in [0.2, 0.25) is 0 Å². The molecule has 1 aromatic carbocycles. The highest BCUT2D eigenvalue weighted by atomic mass is 35.5. The number of thiazole rings is 1. The topological polar surface area (TPSA) is 48.1 Å². The fourth-order valence-electron chi connectivity index (χ4n) is 1.29. The molecular weight excluding hydrogens is 267 g/mol. The molecule has 0 aliphatic heterocycles. The van der Waals surface area contributed by atoms with Crippen molar-refractivity contribution in [2.24, 2.45) is 0 Å². The molecule has 16 heavy (non-hydrogen) atoms. The van der Waals surface area contributed by atoms with Crippen molar-refractivity contribution < 1.29 is 4.74 Å². The maximum atomic E-state index is 6.11. The maximum Gasteiger partial charge on any atom is 0.180 e. The molecule has 2 rings (SSSR count). The van der Waals surface area contributed by atoms with Crippen LogP contribution in [0.2, 0.25) is 10.0 Å². The number of methoxy groups -OCH3 is 1. The predicted octanol–water partition coefficient (Wildman–Crippen LogP) is 3.71. The van der Waals surface area contributed by atoms with Crippen molar-refractivity contribution in [3.8, 4) is 17.0 Å². The highest BCUT2D eigenvalue weighted by Gasteiger charge is 2.11. The Labute approximate surface area is 107 Å². The van der Waals surface area contributed by atoms with E-state index in [1.54, 1.807) is 12.1 Å². The van der Waals surface area contributed by atoms with Gasteiger partial charge >= 0.3 is 0 Å². The van der Waals surface area contributed by atoms with Crippen LogP contribution in [0.1, 0.15) is 0 Å². The minimum Gasteiger partial charge on any atom is -0.495 e. The Bertz CT molecular complexity index is 528. The van der Waals surface area contributed by atoms with Crippen molar-refractivity contribution >= 4 is 39.7 Å². The third kappa shape index (κ3) is 2.09. The van der Waals surface area contributed by atoms with Crippen LogP contribution in [0.25, 0.3) is 11.3 Å². The molecule has 0 fully saturated rings. The number of nitrogens with zero attached hydrogens (tertiary/aromatic N) is 1. The second kappa shape index (κ2) is 4.49.